The van der Waals surface area contributed by atoms with Crippen LogP contribution in [0.3, 0.4) is 0 Å². The minimum Gasteiger partial charge on any atom is -0.323 e. The monoisotopic (exact) mass is 333 g/mol. The van der Waals surface area contributed by atoms with E-state index in [9.17, 15) is 14.2 Å². The van der Waals surface area contributed by atoms with E-state index >= 15 is 0 Å². The Bertz CT molecular complexity index is 840. The fourth-order valence-corrected chi connectivity index (χ4v) is 2.34. The van der Waals surface area contributed by atoms with Crippen LogP contribution in [0, 0.1) is 0 Å². The molecule has 1 atom stereocenters. The summed E-state index contributed by atoms with van der Waals surface area (Å²) in [6.07, 6.45) is 0. The summed E-state index contributed by atoms with van der Waals surface area (Å²) in [6, 6.07) is 3.02. The summed E-state index contributed by atoms with van der Waals surface area (Å²) in [7, 11) is -4.26. The molecule has 1 aromatic heterocycles. The first kappa shape index (κ1) is 15.9. The van der Waals surface area contributed by atoms with Crippen molar-refractivity contribution in [3.8, 4) is 0 Å². The molecule has 0 saturated carbocycles. The summed E-state index contributed by atoms with van der Waals surface area (Å²) in [5.74, 6) is -1.05. The lowest BCUT2D eigenvalue weighted by molar-refractivity contribution is 0.350. The second-order valence-electron chi connectivity index (χ2n) is 4.54. The minimum absolute atomic E-state index is 0.0608. The molecule has 2 rings (SSSR count). The largest absolute Gasteiger partial charge is 0.342 e. The molecule has 0 spiro atoms. The highest BCUT2D eigenvalue weighted by atomic mass is 35.5. The quantitative estimate of drug-likeness (QED) is 0.408. The third kappa shape index (κ3) is 3.61. The molecule has 1 heterocycles. The third-order valence-corrected chi connectivity index (χ3v) is 4.38. The molecule has 114 valence electrons. The molecule has 21 heavy (non-hydrogen) atoms. The lowest BCUT2D eigenvalue weighted by Crippen LogP contribution is -2.30. The molecule has 0 aliphatic heterocycles. The summed E-state index contributed by atoms with van der Waals surface area (Å²) in [5.41, 5.74) is -0.408. The average molecular weight is 334 g/mol. The second kappa shape index (κ2) is 5.75. The number of halogens is 1. The number of nitrogens with one attached hydrogen (secondary N) is 3. The van der Waals surface area contributed by atoms with Gasteiger partial charge in [-0.05, 0) is 24.6 Å². The summed E-state index contributed by atoms with van der Waals surface area (Å²) in [4.78, 5) is 45.6. The number of fused-ring (bicyclic) bond motifs is 1. The molecular formula is C11H13ClN3O5P. The first-order valence-electron chi connectivity index (χ1n) is 5.92. The topological polar surface area (TPSA) is 135 Å². The smallest absolute Gasteiger partial charge is 0.323 e. The predicted molar refractivity (Wildman–Crippen MR) is 78.5 cm³/mol. The van der Waals surface area contributed by atoms with Crippen molar-refractivity contribution in [1.82, 2.24) is 15.3 Å². The maximum atomic E-state index is 11.4. The van der Waals surface area contributed by atoms with E-state index < -0.39 is 24.5 Å². The molecule has 0 aliphatic carbocycles. The molecule has 5 N–H and O–H groups in total. The number of hydrogen-bond acceptors (Lipinski definition) is 4. The molecule has 0 aliphatic rings. The Kier molecular flexibility index (Phi) is 4.36. The van der Waals surface area contributed by atoms with Gasteiger partial charge in [-0.3, -0.25) is 19.5 Å². The molecular weight excluding hydrogens is 321 g/mol. The zero-order valence-corrected chi connectivity index (χ0v) is 12.5. The number of aromatic nitrogens is 2. The fourth-order valence-electron chi connectivity index (χ4n) is 1.77. The fraction of sp³-hybridized carbons (Fsp3) is 0.273. The maximum absolute atomic E-state index is 11.4. The average Bonchev–Trinajstić information content (AvgIpc) is 2.36. The highest BCUT2D eigenvalue weighted by Crippen LogP contribution is 2.39. The van der Waals surface area contributed by atoms with Gasteiger partial charge in [0.15, 0.2) is 0 Å². The van der Waals surface area contributed by atoms with Crippen LogP contribution in [0.1, 0.15) is 12.5 Å². The van der Waals surface area contributed by atoms with Gasteiger partial charge in [0.1, 0.15) is 5.78 Å². The third-order valence-electron chi connectivity index (χ3n) is 2.97. The van der Waals surface area contributed by atoms with E-state index in [0.717, 1.165) is 0 Å². The van der Waals surface area contributed by atoms with Gasteiger partial charge in [-0.2, -0.15) is 0 Å². The summed E-state index contributed by atoms with van der Waals surface area (Å²) in [6.45, 7) is 1.41. The molecule has 10 heteroatoms. The molecule has 8 nitrogen and oxygen atoms in total. The van der Waals surface area contributed by atoms with E-state index in [4.69, 9.17) is 21.4 Å². The van der Waals surface area contributed by atoms with Crippen LogP contribution in [-0.4, -0.2) is 25.5 Å². The van der Waals surface area contributed by atoms with Crippen molar-refractivity contribution in [3.63, 3.8) is 0 Å². The van der Waals surface area contributed by atoms with E-state index in [1.165, 1.54) is 19.1 Å². The van der Waals surface area contributed by atoms with Crippen molar-refractivity contribution in [2.45, 2.75) is 19.3 Å². The van der Waals surface area contributed by atoms with Crippen molar-refractivity contribution in [1.29, 1.82) is 0 Å². The standard InChI is InChI=1S/C11H13ClN3O5P/c1-5(21(18,19)20)13-4-6-2-7(12)3-8-9(6)15-11(17)10(16)14-8/h2-3,5,13H,4H2,1H3,(H,14,16)(H,15,17)(H2,18,19,20)/t5-/m0/s1. The van der Waals surface area contributed by atoms with Crippen molar-refractivity contribution in [2.24, 2.45) is 0 Å². The van der Waals surface area contributed by atoms with Crippen molar-refractivity contribution >= 4 is 30.2 Å². The predicted octanol–water partition coefficient (Wildman–Crippen LogP) is 0.483. The van der Waals surface area contributed by atoms with Gasteiger partial charge in [-0.15, -0.1) is 0 Å². The number of rotatable bonds is 4. The van der Waals surface area contributed by atoms with Crippen LogP contribution in [0.2, 0.25) is 5.02 Å². The normalized spacial score (nSPS) is 13.5. The van der Waals surface area contributed by atoms with E-state index in [0.29, 0.717) is 21.6 Å². The van der Waals surface area contributed by atoms with Crippen molar-refractivity contribution < 1.29 is 14.4 Å². The Hall–Kier alpha value is -1.44. The Morgan fingerprint density at radius 2 is 1.90 bits per heavy atom. The van der Waals surface area contributed by atoms with Crippen molar-refractivity contribution in [3.05, 3.63) is 43.4 Å². The number of benzene rings is 1. The highest BCUT2D eigenvalue weighted by Gasteiger charge is 2.23. The van der Waals surface area contributed by atoms with Crippen LogP contribution >= 0.6 is 19.2 Å². The van der Waals surface area contributed by atoms with Crippen LogP contribution in [0.4, 0.5) is 0 Å². The SMILES string of the molecule is C[C@@H](NCc1cc(Cl)cc2[nH]c(=O)c(=O)[nH]c12)P(=O)(O)O. The van der Waals surface area contributed by atoms with Gasteiger partial charge in [0, 0.05) is 11.6 Å². The molecule has 0 amide bonds. The van der Waals surface area contributed by atoms with E-state index in [1.54, 1.807) is 0 Å². The molecule has 0 saturated heterocycles. The van der Waals surface area contributed by atoms with Crippen LogP contribution in [0.25, 0.3) is 11.0 Å². The molecule has 0 radical (unpaired) electrons. The van der Waals surface area contributed by atoms with Gasteiger partial charge >= 0.3 is 18.7 Å². The Labute approximate surface area is 123 Å². The van der Waals surface area contributed by atoms with Crippen LogP contribution in [-0.2, 0) is 11.1 Å². The van der Waals surface area contributed by atoms with Gasteiger partial charge in [-0.25, -0.2) is 0 Å². The molecule has 1 aromatic carbocycles. The number of H-pyrrole nitrogens is 2. The molecule has 0 fully saturated rings. The van der Waals surface area contributed by atoms with Crippen molar-refractivity contribution in [2.75, 3.05) is 0 Å². The number of hydrogen-bond donors (Lipinski definition) is 5. The zero-order valence-electron chi connectivity index (χ0n) is 10.9. The maximum Gasteiger partial charge on any atom is 0.342 e. The highest BCUT2D eigenvalue weighted by molar-refractivity contribution is 7.52. The summed E-state index contributed by atoms with van der Waals surface area (Å²) < 4.78 is 11.1. The summed E-state index contributed by atoms with van der Waals surface area (Å²) >= 11 is 5.93. The van der Waals surface area contributed by atoms with Gasteiger partial charge in [0.25, 0.3) is 0 Å². The Balaban J connectivity index is 2.44. The zero-order chi connectivity index (χ0) is 15.8. The first-order chi connectivity index (χ1) is 9.68. The van der Waals surface area contributed by atoms with Gasteiger partial charge in [0.05, 0.1) is 11.0 Å². The lowest BCUT2D eigenvalue weighted by Gasteiger charge is -2.16. The molecule has 2 aromatic rings. The van der Waals surface area contributed by atoms with Crippen LogP contribution < -0.4 is 16.4 Å². The lowest BCUT2D eigenvalue weighted by atomic mass is 10.1. The minimum atomic E-state index is -4.26. The molecule has 0 unspecified atom stereocenters. The second-order valence-corrected chi connectivity index (χ2v) is 6.93. The van der Waals surface area contributed by atoms with Crippen LogP contribution in [0.5, 0.6) is 0 Å². The summed E-state index contributed by atoms with van der Waals surface area (Å²) in [5, 5.41) is 2.98. The van der Waals surface area contributed by atoms with Crippen LogP contribution in [0.15, 0.2) is 21.7 Å². The van der Waals surface area contributed by atoms with Gasteiger partial charge in [-0.1, -0.05) is 11.6 Å². The first-order valence-corrected chi connectivity index (χ1v) is 7.98. The number of aromatic amines is 2. The Morgan fingerprint density at radius 3 is 2.52 bits per heavy atom. The van der Waals surface area contributed by atoms with Gasteiger partial charge in [0.2, 0.25) is 0 Å². The van der Waals surface area contributed by atoms with E-state index in [2.05, 4.69) is 15.3 Å². The Morgan fingerprint density at radius 1 is 1.29 bits per heavy atom. The molecule has 0 bridgehead atoms. The van der Waals surface area contributed by atoms with E-state index in [1.807, 2.05) is 0 Å². The van der Waals surface area contributed by atoms with Gasteiger partial charge < -0.3 is 19.8 Å². The van der Waals surface area contributed by atoms with E-state index in [-0.39, 0.29) is 6.54 Å².